The standard InChI is InChI=1S/C7H9FO5/c8-3-1-7(13,6(11)12)2-4(9)5(3)10/h1,4-5,9-10,13H,2H2,(H,11,12)/t4-,5+,7+/m1/s1. The Morgan fingerprint density at radius 2 is 2.15 bits per heavy atom. The Bertz CT molecular complexity index is 264. The van der Waals surface area contributed by atoms with Crippen LogP contribution >= 0.6 is 0 Å². The minimum Gasteiger partial charge on any atom is -0.479 e. The van der Waals surface area contributed by atoms with Crippen LogP contribution in [0.1, 0.15) is 6.42 Å². The molecule has 6 heteroatoms. The van der Waals surface area contributed by atoms with Crippen LogP contribution < -0.4 is 0 Å². The van der Waals surface area contributed by atoms with Gasteiger partial charge in [-0.1, -0.05) is 0 Å². The van der Waals surface area contributed by atoms with E-state index in [0.29, 0.717) is 6.08 Å². The van der Waals surface area contributed by atoms with Crippen molar-refractivity contribution < 1.29 is 29.6 Å². The molecule has 0 unspecified atom stereocenters. The minimum atomic E-state index is -2.43. The fraction of sp³-hybridized carbons (Fsp3) is 0.571. The highest BCUT2D eigenvalue weighted by Crippen LogP contribution is 2.28. The number of aliphatic carboxylic acids is 1. The molecule has 0 aliphatic heterocycles. The Labute approximate surface area is 72.7 Å². The minimum absolute atomic E-state index is 0.396. The van der Waals surface area contributed by atoms with E-state index in [-0.39, 0.29) is 0 Å². The Balaban J connectivity index is 3.00. The number of carbonyl (C=O) groups is 1. The fourth-order valence-electron chi connectivity index (χ4n) is 1.14. The average molecular weight is 192 g/mol. The summed E-state index contributed by atoms with van der Waals surface area (Å²) in [5.41, 5.74) is -2.43. The van der Waals surface area contributed by atoms with Gasteiger partial charge in [0.25, 0.3) is 0 Å². The number of hydrogen-bond acceptors (Lipinski definition) is 4. The maximum atomic E-state index is 12.7. The molecule has 0 aromatic rings. The Morgan fingerprint density at radius 3 is 2.54 bits per heavy atom. The van der Waals surface area contributed by atoms with Gasteiger partial charge in [0.05, 0.1) is 6.10 Å². The van der Waals surface area contributed by atoms with E-state index in [1.165, 1.54) is 0 Å². The lowest BCUT2D eigenvalue weighted by Gasteiger charge is -2.30. The van der Waals surface area contributed by atoms with Crippen LogP contribution in [0.2, 0.25) is 0 Å². The van der Waals surface area contributed by atoms with Gasteiger partial charge in [-0.05, 0) is 6.08 Å². The van der Waals surface area contributed by atoms with E-state index in [1.54, 1.807) is 0 Å². The monoisotopic (exact) mass is 192 g/mol. The summed E-state index contributed by atoms with van der Waals surface area (Å²) in [6.45, 7) is 0. The van der Waals surface area contributed by atoms with Crippen molar-refractivity contribution in [2.75, 3.05) is 0 Å². The van der Waals surface area contributed by atoms with E-state index in [2.05, 4.69) is 0 Å². The highest BCUT2D eigenvalue weighted by Gasteiger charge is 2.44. The zero-order valence-corrected chi connectivity index (χ0v) is 6.51. The molecule has 0 radical (unpaired) electrons. The molecule has 0 aromatic heterocycles. The fourth-order valence-corrected chi connectivity index (χ4v) is 1.14. The quantitative estimate of drug-likeness (QED) is 0.417. The van der Waals surface area contributed by atoms with Crippen molar-refractivity contribution in [1.82, 2.24) is 0 Å². The third kappa shape index (κ3) is 1.69. The predicted octanol–water partition coefficient (Wildman–Crippen LogP) is -1.22. The van der Waals surface area contributed by atoms with E-state index < -0.39 is 36.0 Å². The molecule has 0 amide bonds. The number of hydrogen-bond donors (Lipinski definition) is 4. The first kappa shape index (κ1) is 10.1. The van der Waals surface area contributed by atoms with Crippen molar-refractivity contribution in [3.05, 3.63) is 11.9 Å². The summed E-state index contributed by atoms with van der Waals surface area (Å²) in [6.07, 6.45) is -3.59. The summed E-state index contributed by atoms with van der Waals surface area (Å²) in [6, 6.07) is 0. The molecule has 0 bridgehead atoms. The predicted molar refractivity (Wildman–Crippen MR) is 38.4 cm³/mol. The normalized spacial score (nSPS) is 39.8. The van der Waals surface area contributed by atoms with Gasteiger partial charge in [-0.2, -0.15) is 0 Å². The molecule has 0 heterocycles. The lowest BCUT2D eigenvalue weighted by Crippen LogP contribution is -2.47. The molecule has 13 heavy (non-hydrogen) atoms. The van der Waals surface area contributed by atoms with Gasteiger partial charge < -0.3 is 20.4 Å². The zero-order valence-electron chi connectivity index (χ0n) is 6.51. The first-order chi connectivity index (χ1) is 5.87. The van der Waals surface area contributed by atoms with Crippen LogP contribution in [0.15, 0.2) is 11.9 Å². The van der Waals surface area contributed by atoms with Crippen LogP contribution in [-0.2, 0) is 4.79 Å². The van der Waals surface area contributed by atoms with Crippen LogP contribution in [0.4, 0.5) is 4.39 Å². The lowest BCUT2D eigenvalue weighted by atomic mass is 9.87. The molecule has 4 N–H and O–H groups in total. The van der Waals surface area contributed by atoms with Crippen molar-refractivity contribution in [2.24, 2.45) is 0 Å². The van der Waals surface area contributed by atoms with E-state index in [0.717, 1.165) is 0 Å². The Kier molecular flexibility index (Phi) is 2.38. The lowest BCUT2D eigenvalue weighted by molar-refractivity contribution is -0.159. The number of rotatable bonds is 1. The number of carboxylic acid groups (broad SMARTS) is 1. The summed E-state index contributed by atoms with van der Waals surface area (Å²) >= 11 is 0. The van der Waals surface area contributed by atoms with Gasteiger partial charge in [0.1, 0.15) is 11.9 Å². The molecular formula is C7H9FO5. The molecule has 0 saturated carbocycles. The molecule has 5 nitrogen and oxygen atoms in total. The second kappa shape index (κ2) is 3.06. The van der Waals surface area contributed by atoms with Crippen molar-refractivity contribution >= 4 is 5.97 Å². The van der Waals surface area contributed by atoms with Crippen molar-refractivity contribution in [3.63, 3.8) is 0 Å². The summed E-state index contributed by atoms with van der Waals surface area (Å²) in [7, 11) is 0. The van der Waals surface area contributed by atoms with Crippen molar-refractivity contribution in [3.8, 4) is 0 Å². The van der Waals surface area contributed by atoms with Crippen LogP contribution in [0.3, 0.4) is 0 Å². The van der Waals surface area contributed by atoms with Gasteiger partial charge in [-0.15, -0.1) is 0 Å². The molecule has 74 valence electrons. The SMILES string of the molecule is O=C(O)[C@]1(O)C=C(F)[C@H](O)[C@H](O)C1. The maximum Gasteiger partial charge on any atom is 0.339 e. The van der Waals surface area contributed by atoms with E-state index in [4.69, 9.17) is 15.3 Å². The van der Waals surface area contributed by atoms with Crippen LogP contribution in [0.25, 0.3) is 0 Å². The largest absolute Gasteiger partial charge is 0.479 e. The number of halogens is 1. The molecule has 1 aliphatic carbocycles. The first-order valence-corrected chi connectivity index (χ1v) is 3.57. The third-order valence-electron chi connectivity index (χ3n) is 1.91. The maximum absolute atomic E-state index is 12.7. The third-order valence-corrected chi connectivity index (χ3v) is 1.91. The van der Waals surface area contributed by atoms with Crippen LogP contribution in [0.5, 0.6) is 0 Å². The Morgan fingerprint density at radius 1 is 1.62 bits per heavy atom. The molecular weight excluding hydrogens is 183 g/mol. The summed E-state index contributed by atoms with van der Waals surface area (Å²) in [5.74, 6) is -2.89. The molecule has 0 saturated heterocycles. The topological polar surface area (TPSA) is 98.0 Å². The number of aliphatic hydroxyl groups excluding tert-OH is 2. The Hall–Kier alpha value is -0.980. The molecule has 3 atom stereocenters. The highest BCUT2D eigenvalue weighted by atomic mass is 19.1. The number of aliphatic hydroxyl groups is 3. The van der Waals surface area contributed by atoms with Crippen molar-refractivity contribution in [1.29, 1.82) is 0 Å². The zero-order chi connectivity index (χ0) is 10.2. The van der Waals surface area contributed by atoms with Gasteiger partial charge in [0.15, 0.2) is 5.60 Å². The molecule has 0 aromatic carbocycles. The second-order valence-electron chi connectivity index (χ2n) is 2.97. The van der Waals surface area contributed by atoms with E-state index in [1.807, 2.05) is 0 Å². The molecule has 0 spiro atoms. The van der Waals surface area contributed by atoms with Crippen LogP contribution in [0, 0.1) is 0 Å². The smallest absolute Gasteiger partial charge is 0.339 e. The van der Waals surface area contributed by atoms with Gasteiger partial charge in [-0.3, -0.25) is 0 Å². The van der Waals surface area contributed by atoms with Crippen molar-refractivity contribution in [2.45, 2.75) is 24.2 Å². The van der Waals surface area contributed by atoms with E-state index >= 15 is 0 Å². The van der Waals surface area contributed by atoms with Crippen LogP contribution in [-0.4, -0.2) is 44.2 Å². The van der Waals surface area contributed by atoms with E-state index in [9.17, 15) is 14.3 Å². The van der Waals surface area contributed by atoms with Gasteiger partial charge >= 0.3 is 5.97 Å². The summed E-state index contributed by atoms with van der Waals surface area (Å²) in [5, 5.41) is 35.5. The molecule has 1 rings (SSSR count). The average Bonchev–Trinajstić information content (AvgIpc) is 2.00. The highest BCUT2D eigenvalue weighted by molar-refractivity contribution is 5.80. The number of carboxylic acids is 1. The first-order valence-electron chi connectivity index (χ1n) is 3.57. The van der Waals surface area contributed by atoms with Gasteiger partial charge in [-0.25, -0.2) is 9.18 Å². The molecule has 1 aliphatic rings. The van der Waals surface area contributed by atoms with Gasteiger partial charge in [0, 0.05) is 6.42 Å². The molecule has 0 fully saturated rings. The second-order valence-corrected chi connectivity index (χ2v) is 2.97. The summed E-state index contributed by atoms with van der Waals surface area (Å²) in [4.78, 5) is 10.4. The summed E-state index contributed by atoms with van der Waals surface area (Å²) < 4.78 is 12.7. The van der Waals surface area contributed by atoms with Gasteiger partial charge in [0.2, 0.25) is 0 Å².